The summed E-state index contributed by atoms with van der Waals surface area (Å²) < 4.78 is 0.867. The zero-order valence-electron chi connectivity index (χ0n) is 15.8. The normalized spacial score (nSPS) is 22.3. The molecule has 0 bridgehead atoms. The highest BCUT2D eigenvalue weighted by Crippen LogP contribution is 2.43. The van der Waals surface area contributed by atoms with Gasteiger partial charge in [0.15, 0.2) is 0 Å². The minimum absolute atomic E-state index is 0.00361. The summed E-state index contributed by atoms with van der Waals surface area (Å²) in [6.07, 6.45) is 4.96. The third kappa shape index (κ3) is 3.86. The number of amides is 1. The Kier molecular flexibility index (Phi) is 5.79. The molecule has 0 radical (unpaired) electrons. The number of aliphatic hydroxyl groups excluding tert-OH is 1. The van der Waals surface area contributed by atoms with Gasteiger partial charge in [-0.2, -0.15) is 0 Å². The third-order valence-corrected chi connectivity index (χ3v) is 6.53. The van der Waals surface area contributed by atoms with Gasteiger partial charge in [0.2, 0.25) is 0 Å². The second-order valence-corrected chi connectivity index (χ2v) is 8.91. The Morgan fingerprint density at radius 2 is 1.59 bits per heavy atom. The Hall–Kier alpha value is -2.11. The van der Waals surface area contributed by atoms with E-state index in [1.165, 1.54) is 0 Å². The monoisotopic (exact) mass is 473 g/mol. The van der Waals surface area contributed by atoms with Crippen molar-refractivity contribution in [2.75, 3.05) is 0 Å². The molecule has 4 rings (SSSR count). The molecule has 6 heteroatoms. The smallest absolute Gasteiger partial charge is 0.295 e. The highest BCUT2D eigenvalue weighted by Gasteiger charge is 2.48. The van der Waals surface area contributed by atoms with Crippen LogP contribution < -0.4 is 0 Å². The number of halogens is 2. The number of nitrogens with zero attached hydrogens (tertiary/aromatic N) is 1. The summed E-state index contributed by atoms with van der Waals surface area (Å²) in [4.78, 5) is 27.8. The lowest BCUT2D eigenvalue weighted by Gasteiger charge is -2.35. The van der Waals surface area contributed by atoms with Crippen molar-refractivity contribution in [1.29, 1.82) is 0 Å². The molecule has 1 saturated heterocycles. The zero-order chi connectivity index (χ0) is 20.5. The first kappa shape index (κ1) is 20.2. The van der Waals surface area contributed by atoms with Gasteiger partial charge in [-0.15, -0.1) is 0 Å². The molecule has 2 aliphatic rings. The largest absolute Gasteiger partial charge is 0.507 e. The molecule has 1 amide bonds. The van der Waals surface area contributed by atoms with Gasteiger partial charge in [0, 0.05) is 21.1 Å². The van der Waals surface area contributed by atoms with Crippen molar-refractivity contribution >= 4 is 45.0 Å². The molecule has 150 valence electrons. The van der Waals surface area contributed by atoms with Crippen LogP contribution in [0, 0.1) is 0 Å². The number of carbonyl (C=O) groups is 2. The fourth-order valence-electron chi connectivity index (χ4n) is 4.32. The summed E-state index contributed by atoms with van der Waals surface area (Å²) in [6, 6.07) is 13.6. The second kappa shape index (κ2) is 8.33. The number of rotatable bonds is 3. The molecule has 1 heterocycles. The average Bonchev–Trinajstić information content (AvgIpc) is 3.00. The van der Waals surface area contributed by atoms with E-state index in [-0.39, 0.29) is 17.4 Å². The number of ketones is 1. The molecule has 0 spiro atoms. The number of Topliss-reactive ketones (excluding diaryl/α,β-unsaturated/α-hetero) is 1. The summed E-state index contributed by atoms with van der Waals surface area (Å²) in [7, 11) is 0. The molecular weight excluding hydrogens is 454 g/mol. The van der Waals surface area contributed by atoms with Crippen molar-refractivity contribution in [3.8, 4) is 0 Å². The predicted molar refractivity (Wildman–Crippen MR) is 117 cm³/mol. The van der Waals surface area contributed by atoms with Gasteiger partial charge in [-0.3, -0.25) is 9.59 Å². The lowest BCUT2D eigenvalue weighted by molar-refractivity contribution is -0.141. The Morgan fingerprint density at radius 1 is 0.966 bits per heavy atom. The molecule has 1 unspecified atom stereocenters. The van der Waals surface area contributed by atoms with Crippen LogP contribution in [0.1, 0.15) is 49.3 Å². The van der Waals surface area contributed by atoms with Gasteiger partial charge in [-0.05, 0) is 42.7 Å². The Balaban J connectivity index is 1.86. The lowest BCUT2D eigenvalue weighted by Crippen LogP contribution is -2.40. The molecule has 2 aromatic rings. The summed E-state index contributed by atoms with van der Waals surface area (Å²) in [5, 5.41) is 11.6. The molecule has 1 aliphatic carbocycles. The first-order chi connectivity index (χ1) is 14.0. The van der Waals surface area contributed by atoms with Gasteiger partial charge in [-0.25, -0.2) is 0 Å². The number of hydrogen-bond acceptors (Lipinski definition) is 3. The van der Waals surface area contributed by atoms with Crippen molar-refractivity contribution in [1.82, 2.24) is 4.90 Å². The lowest BCUT2D eigenvalue weighted by atomic mass is 9.91. The van der Waals surface area contributed by atoms with Crippen molar-refractivity contribution in [3.05, 3.63) is 74.7 Å². The van der Waals surface area contributed by atoms with Crippen LogP contribution in [0.4, 0.5) is 0 Å². The number of hydrogen-bond donors (Lipinski definition) is 1. The highest BCUT2D eigenvalue weighted by molar-refractivity contribution is 9.10. The number of carbonyl (C=O) groups excluding carboxylic acids is 2. The van der Waals surface area contributed by atoms with Gasteiger partial charge in [0.25, 0.3) is 11.7 Å². The standard InChI is InChI=1S/C23H21BrClNO3/c24-16-10-6-15(7-11-16)21(27)19-20(14-8-12-17(25)13-9-14)26(23(29)22(19)28)18-4-2-1-3-5-18/h6-13,18,20,27H,1-5H2/b21-19-. The number of benzene rings is 2. The van der Waals surface area contributed by atoms with Crippen LogP contribution in [-0.2, 0) is 9.59 Å². The Labute approximate surface area is 183 Å². The van der Waals surface area contributed by atoms with E-state index in [0.717, 1.165) is 42.1 Å². The minimum atomic E-state index is -0.629. The first-order valence-electron chi connectivity index (χ1n) is 9.79. The van der Waals surface area contributed by atoms with Gasteiger partial charge >= 0.3 is 0 Å². The SMILES string of the molecule is O=C1C(=O)N(C2CCCCC2)C(c2ccc(Cl)cc2)/C1=C(/O)c1ccc(Br)cc1. The van der Waals surface area contributed by atoms with Crippen LogP contribution in [0.25, 0.3) is 5.76 Å². The van der Waals surface area contributed by atoms with Crippen LogP contribution in [0.3, 0.4) is 0 Å². The molecule has 1 N–H and O–H groups in total. The minimum Gasteiger partial charge on any atom is -0.507 e. The molecule has 1 aliphatic heterocycles. The predicted octanol–water partition coefficient (Wildman–Crippen LogP) is 5.86. The zero-order valence-corrected chi connectivity index (χ0v) is 18.1. The fourth-order valence-corrected chi connectivity index (χ4v) is 4.71. The Bertz CT molecular complexity index is 963. The van der Waals surface area contributed by atoms with Crippen LogP contribution in [0.5, 0.6) is 0 Å². The number of aliphatic hydroxyl groups is 1. The molecule has 2 fully saturated rings. The van der Waals surface area contributed by atoms with Gasteiger partial charge in [0.05, 0.1) is 11.6 Å². The van der Waals surface area contributed by atoms with E-state index in [4.69, 9.17) is 11.6 Å². The van der Waals surface area contributed by atoms with E-state index in [1.807, 2.05) is 12.1 Å². The summed E-state index contributed by atoms with van der Waals surface area (Å²) in [6.45, 7) is 0. The summed E-state index contributed by atoms with van der Waals surface area (Å²) >= 11 is 9.43. The summed E-state index contributed by atoms with van der Waals surface area (Å²) in [5.41, 5.74) is 1.43. The van der Waals surface area contributed by atoms with E-state index >= 15 is 0 Å². The van der Waals surface area contributed by atoms with Crippen LogP contribution in [0.15, 0.2) is 58.6 Å². The van der Waals surface area contributed by atoms with Crippen LogP contribution >= 0.6 is 27.5 Å². The quantitative estimate of drug-likeness (QED) is 0.344. The van der Waals surface area contributed by atoms with Crippen LogP contribution in [-0.4, -0.2) is 27.7 Å². The molecule has 1 saturated carbocycles. The number of likely N-dealkylation sites (tertiary alicyclic amines) is 1. The summed E-state index contributed by atoms with van der Waals surface area (Å²) in [5.74, 6) is -1.31. The molecule has 1 atom stereocenters. The molecular formula is C23H21BrClNO3. The Morgan fingerprint density at radius 3 is 2.21 bits per heavy atom. The topological polar surface area (TPSA) is 57.6 Å². The van der Waals surface area contributed by atoms with E-state index < -0.39 is 17.7 Å². The van der Waals surface area contributed by atoms with E-state index in [1.54, 1.807) is 41.3 Å². The van der Waals surface area contributed by atoms with E-state index in [0.29, 0.717) is 10.6 Å². The van der Waals surface area contributed by atoms with Gasteiger partial charge in [-0.1, -0.05) is 71.1 Å². The second-order valence-electron chi connectivity index (χ2n) is 7.56. The molecule has 4 nitrogen and oxygen atoms in total. The van der Waals surface area contributed by atoms with Gasteiger partial charge < -0.3 is 10.0 Å². The average molecular weight is 475 g/mol. The van der Waals surface area contributed by atoms with E-state index in [9.17, 15) is 14.7 Å². The molecule has 2 aromatic carbocycles. The molecule has 29 heavy (non-hydrogen) atoms. The van der Waals surface area contributed by atoms with Crippen molar-refractivity contribution in [3.63, 3.8) is 0 Å². The van der Waals surface area contributed by atoms with Crippen LogP contribution in [0.2, 0.25) is 5.02 Å². The van der Waals surface area contributed by atoms with Crippen molar-refractivity contribution in [2.45, 2.75) is 44.2 Å². The third-order valence-electron chi connectivity index (χ3n) is 5.75. The van der Waals surface area contributed by atoms with E-state index in [2.05, 4.69) is 15.9 Å². The maximum Gasteiger partial charge on any atom is 0.295 e. The fraction of sp³-hybridized carbons (Fsp3) is 0.304. The molecule has 0 aromatic heterocycles. The van der Waals surface area contributed by atoms with Gasteiger partial charge in [0.1, 0.15) is 5.76 Å². The van der Waals surface area contributed by atoms with Crippen molar-refractivity contribution in [2.24, 2.45) is 0 Å². The van der Waals surface area contributed by atoms with Crippen molar-refractivity contribution < 1.29 is 14.7 Å². The maximum atomic E-state index is 13.1. The maximum absolute atomic E-state index is 13.1. The first-order valence-corrected chi connectivity index (χ1v) is 11.0. The highest BCUT2D eigenvalue weighted by atomic mass is 79.9.